The van der Waals surface area contributed by atoms with Crippen LogP contribution in [0.3, 0.4) is 0 Å². The second-order valence-electron chi connectivity index (χ2n) is 6.64. The van der Waals surface area contributed by atoms with Gasteiger partial charge >= 0.3 is 0 Å². The Hall–Kier alpha value is -1.82. The van der Waals surface area contributed by atoms with Crippen LogP contribution in [0.5, 0.6) is 5.75 Å². The van der Waals surface area contributed by atoms with E-state index < -0.39 is 6.10 Å². The zero-order valence-corrected chi connectivity index (χ0v) is 18.0. The number of fused-ring (bicyclic) bond motifs is 3. The second-order valence-corrected chi connectivity index (χ2v) is 8.47. The topological polar surface area (TPSA) is 34.4 Å². The molecule has 1 atom stereocenters. The van der Waals surface area contributed by atoms with Crippen molar-refractivity contribution in [3.05, 3.63) is 75.2 Å². The molecule has 1 N–H and O–H groups in total. The van der Waals surface area contributed by atoms with Gasteiger partial charge in [0.1, 0.15) is 5.75 Å². The Morgan fingerprint density at radius 1 is 0.889 bits per heavy atom. The molecule has 138 valence electrons. The van der Waals surface area contributed by atoms with Crippen molar-refractivity contribution in [3.63, 3.8) is 0 Å². The van der Waals surface area contributed by atoms with Crippen molar-refractivity contribution in [3.8, 4) is 5.75 Å². The number of methoxy groups -OCH3 is 1. The van der Waals surface area contributed by atoms with Crippen LogP contribution in [0, 0.1) is 0 Å². The predicted molar refractivity (Wildman–Crippen MR) is 118 cm³/mol. The Kier molecular flexibility index (Phi) is 5.26. The van der Waals surface area contributed by atoms with Crippen LogP contribution in [0.2, 0.25) is 0 Å². The lowest BCUT2D eigenvalue weighted by atomic mass is 10.1. The SMILES string of the molecule is COc1ccc(CC(O)Cn2c3ccc(Br)cc3c3cc(Br)ccc32)cc1. The van der Waals surface area contributed by atoms with Gasteiger partial charge in [-0.2, -0.15) is 0 Å². The van der Waals surface area contributed by atoms with E-state index in [1.165, 1.54) is 10.8 Å². The highest BCUT2D eigenvalue weighted by Gasteiger charge is 2.15. The Morgan fingerprint density at radius 3 is 1.96 bits per heavy atom. The molecule has 0 saturated carbocycles. The summed E-state index contributed by atoms with van der Waals surface area (Å²) in [5, 5.41) is 13.1. The molecule has 3 nitrogen and oxygen atoms in total. The first kappa shape index (κ1) is 18.5. The van der Waals surface area contributed by atoms with Crippen molar-refractivity contribution in [2.45, 2.75) is 19.1 Å². The maximum atomic E-state index is 10.8. The van der Waals surface area contributed by atoms with Gasteiger partial charge in [0.15, 0.2) is 0 Å². The third kappa shape index (κ3) is 3.77. The van der Waals surface area contributed by atoms with E-state index in [0.717, 1.165) is 31.3 Å². The van der Waals surface area contributed by atoms with E-state index in [4.69, 9.17) is 4.74 Å². The van der Waals surface area contributed by atoms with E-state index in [0.29, 0.717) is 13.0 Å². The molecule has 1 aromatic heterocycles. The number of aliphatic hydroxyl groups is 1. The van der Waals surface area contributed by atoms with Gasteiger partial charge in [-0.15, -0.1) is 0 Å². The summed E-state index contributed by atoms with van der Waals surface area (Å²) < 4.78 is 9.50. The molecule has 5 heteroatoms. The molecular formula is C22H19Br2NO2. The molecule has 0 aliphatic carbocycles. The highest BCUT2D eigenvalue weighted by Crippen LogP contribution is 2.33. The highest BCUT2D eigenvalue weighted by molar-refractivity contribution is 9.10. The lowest BCUT2D eigenvalue weighted by Gasteiger charge is -2.14. The number of aromatic nitrogens is 1. The van der Waals surface area contributed by atoms with Gasteiger partial charge in [0.2, 0.25) is 0 Å². The van der Waals surface area contributed by atoms with E-state index in [9.17, 15) is 5.11 Å². The van der Waals surface area contributed by atoms with Crippen LogP contribution < -0.4 is 4.74 Å². The fraction of sp³-hybridized carbons (Fsp3) is 0.182. The third-order valence-electron chi connectivity index (χ3n) is 4.81. The van der Waals surface area contributed by atoms with E-state index in [1.54, 1.807) is 7.11 Å². The number of halogens is 2. The Balaban J connectivity index is 1.69. The minimum Gasteiger partial charge on any atom is -0.497 e. The minimum absolute atomic E-state index is 0.482. The Bertz CT molecular complexity index is 1040. The van der Waals surface area contributed by atoms with Gasteiger partial charge in [0.25, 0.3) is 0 Å². The Labute approximate surface area is 174 Å². The minimum atomic E-state index is -0.482. The summed E-state index contributed by atoms with van der Waals surface area (Å²) in [5.41, 5.74) is 3.34. The molecule has 1 heterocycles. The van der Waals surface area contributed by atoms with Crippen LogP contribution in [-0.2, 0) is 13.0 Å². The van der Waals surface area contributed by atoms with E-state index >= 15 is 0 Å². The van der Waals surface area contributed by atoms with Gasteiger partial charge in [0.05, 0.1) is 13.2 Å². The van der Waals surface area contributed by atoms with Gasteiger partial charge in [-0.05, 0) is 54.1 Å². The molecule has 0 saturated heterocycles. The number of hydrogen-bond acceptors (Lipinski definition) is 2. The third-order valence-corrected chi connectivity index (χ3v) is 5.80. The van der Waals surface area contributed by atoms with Crippen LogP contribution in [0.15, 0.2) is 69.6 Å². The van der Waals surface area contributed by atoms with Gasteiger partial charge in [-0.3, -0.25) is 0 Å². The summed E-state index contributed by atoms with van der Waals surface area (Å²) in [4.78, 5) is 0. The monoisotopic (exact) mass is 487 g/mol. The number of nitrogens with zero attached hydrogens (tertiary/aromatic N) is 1. The van der Waals surface area contributed by atoms with Gasteiger partial charge in [0, 0.05) is 43.7 Å². The molecule has 0 bridgehead atoms. The quantitative estimate of drug-likeness (QED) is 0.377. The number of benzene rings is 3. The Morgan fingerprint density at radius 2 is 1.44 bits per heavy atom. The normalized spacial score (nSPS) is 12.6. The number of ether oxygens (including phenoxy) is 1. The van der Waals surface area contributed by atoms with Gasteiger partial charge in [-0.25, -0.2) is 0 Å². The summed E-state index contributed by atoms with van der Waals surface area (Å²) in [6.07, 6.45) is 0.113. The lowest BCUT2D eigenvalue weighted by Crippen LogP contribution is -2.18. The van der Waals surface area contributed by atoms with Crippen LogP contribution in [0.25, 0.3) is 21.8 Å². The van der Waals surface area contributed by atoms with Crippen molar-refractivity contribution in [2.24, 2.45) is 0 Å². The average Bonchev–Trinajstić information content (AvgIpc) is 2.94. The first-order chi connectivity index (χ1) is 13.0. The van der Waals surface area contributed by atoms with Crippen molar-refractivity contribution in [2.75, 3.05) is 7.11 Å². The number of hydrogen-bond donors (Lipinski definition) is 1. The van der Waals surface area contributed by atoms with Crippen molar-refractivity contribution in [1.82, 2.24) is 4.57 Å². The molecule has 1 unspecified atom stereocenters. The van der Waals surface area contributed by atoms with E-state index in [-0.39, 0.29) is 0 Å². The first-order valence-electron chi connectivity index (χ1n) is 8.73. The number of rotatable bonds is 5. The molecule has 3 aromatic carbocycles. The van der Waals surface area contributed by atoms with Crippen molar-refractivity contribution in [1.29, 1.82) is 0 Å². The fourth-order valence-electron chi connectivity index (χ4n) is 3.55. The summed E-state index contributed by atoms with van der Waals surface area (Å²) in [5.74, 6) is 0.826. The summed E-state index contributed by atoms with van der Waals surface area (Å²) >= 11 is 7.14. The van der Waals surface area contributed by atoms with Crippen molar-refractivity contribution < 1.29 is 9.84 Å². The molecule has 0 amide bonds. The highest BCUT2D eigenvalue weighted by atomic mass is 79.9. The predicted octanol–water partition coefficient (Wildman–Crippen LogP) is 5.93. The lowest BCUT2D eigenvalue weighted by molar-refractivity contribution is 0.157. The molecule has 0 aliphatic heterocycles. The average molecular weight is 489 g/mol. The van der Waals surface area contributed by atoms with Crippen LogP contribution in [0.4, 0.5) is 0 Å². The maximum absolute atomic E-state index is 10.8. The van der Waals surface area contributed by atoms with Gasteiger partial charge in [-0.1, -0.05) is 44.0 Å². The molecule has 27 heavy (non-hydrogen) atoms. The smallest absolute Gasteiger partial charge is 0.118 e. The molecule has 0 aliphatic rings. The zero-order valence-electron chi connectivity index (χ0n) is 14.8. The molecule has 4 aromatic rings. The summed E-state index contributed by atoms with van der Waals surface area (Å²) in [6, 6.07) is 20.4. The van der Waals surface area contributed by atoms with Crippen molar-refractivity contribution >= 4 is 53.7 Å². The summed E-state index contributed by atoms with van der Waals surface area (Å²) in [7, 11) is 1.66. The number of aliphatic hydroxyl groups excluding tert-OH is 1. The molecule has 4 rings (SSSR count). The largest absolute Gasteiger partial charge is 0.497 e. The van der Waals surface area contributed by atoms with Crippen LogP contribution >= 0.6 is 31.9 Å². The van der Waals surface area contributed by atoms with Crippen LogP contribution in [0.1, 0.15) is 5.56 Å². The second kappa shape index (κ2) is 7.66. The van der Waals surface area contributed by atoms with Gasteiger partial charge < -0.3 is 14.4 Å². The molecule has 0 fully saturated rings. The van der Waals surface area contributed by atoms with Crippen LogP contribution in [-0.4, -0.2) is 22.9 Å². The summed E-state index contributed by atoms with van der Waals surface area (Å²) in [6.45, 7) is 0.537. The standard InChI is InChI=1S/C22H19Br2NO2/c1-27-18-6-2-14(3-7-18)10-17(26)13-25-21-8-4-15(23)11-19(21)20-12-16(24)5-9-22(20)25/h2-9,11-12,17,26H,10,13H2,1H3. The molecule has 0 spiro atoms. The van der Waals surface area contributed by atoms with E-state index in [2.05, 4.69) is 60.7 Å². The molecule has 0 radical (unpaired) electrons. The maximum Gasteiger partial charge on any atom is 0.118 e. The fourth-order valence-corrected chi connectivity index (χ4v) is 4.28. The van der Waals surface area contributed by atoms with E-state index in [1.807, 2.05) is 36.4 Å². The first-order valence-corrected chi connectivity index (χ1v) is 10.3. The zero-order chi connectivity index (χ0) is 19.0. The molecular weight excluding hydrogens is 470 g/mol.